The molecule has 3 aromatic rings. The summed E-state index contributed by atoms with van der Waals surface area (Å²) in [5.74, 6) is 0.812. The number of amides is 1. The highest BCUT2D eigenvalue weighted by Crippen LogP contribution is 2.27. The molecule has 0 unspecified atom stereocenters. The Kier molecular flexibility index (Phi) is 6.43. The molecule has 2 heterocycles. The number of thioether (sulfide) groups is 1. The fourth-order valence-corrected chi connectivity index (χ4v) is 4.01. The van der Waals surface area contributed by atoms with Crippen LogP contribution in [0.3, 0.4) is 0 Å². The van der Waals surface area contributed by atoms with Gasteiger partial charge in [-0.05, 0) is 44.2 Å². The number of aryl methyl sites for hydroxylation is 1. The maximum atomic E-state index is 12.3. The van der Waals surface area contributed by atoms with E-state index < -0.39 is 0 Å². The van der Waals surface area contributed by atoms with Gasteiger partial charge in [0.2, 0.25) is 5.91 Å². The molecule has 1 aromatic carbocycles. The van der Waals surface area contributed by atoms with Crippen LogP contribution >= 0.6 is 23.1 Å². The molecule has 0 atom stereocenters. The van der Waals surface area contributed by atoms with E-state index in [1.165, 1.54) is 23.6 Å². The van der Waals surface area contributed by atoms with Gasteiger partial charge in [-0.1, -0.05) is 17.8 Å². The van der Waals surface area contributed by atoms with Crippen molar-refractivity contribution in [2.45, 2.75) is 25.5 Å². The van der Waals surface area contributed by atoms with Gasteiger partial charge < -0.3 is 5.32 Å². The lowest BCUT2D eigenvalue weighted by Crippen LogP contribution is -2.14. The molecule has 0 aliphatic rings. The number of thiophene rings is 1. The number of benzene rings is 1. The van der Waals surface area contributed by atoms with E-state index in [-0.39, 0.29) is 17.4 Å². The summed E-state index contributed by atoms with van der Waals surface area (Å²) in [5, 5.41) is 14.1. The third-order valence-corrected chi connectivity index (χ3v) is 5.75. The summed E-state index contributed by atoms with van der Waals surface area (Å²) in [6, 6.07) is 8.90. The lowest BCUT2D eigenvalue weighted by atomic mass is 10.1. The molecule has 0 saturated carbocycles. The Bertz CT molecular complexity index is 1010. The summed E-state index contributed by atoms with van der Waals surface area (Å²) in [5.41, 5.74) is 2.28. The second kappa shape index (κ2) is 8.99. The fraction of sp³-hybridized carbons (Fsp3) is 0.200. The molecule has 1 N–H and O–H groups in total. The average molecular weight is 413 g/mol. The van der Waals surface area contributed by atoms with Gasteiger partial charge in [-0.2, -0.15) is 0 Å². The van der Waals surface area contributed by atoms with Crippen LogP contribution in [0.25, 0.3) is 11.4 Å². The number of hydrogen-bond acceptors (Lipinski definition) is 6. The smallest absolute Gasteiger partial charge is 0.234 e. The van der Waals surface area contributed by atoms with Gasteiger partial charge in [0, 0.05) is 33.6 Å². The zero-order valence-corrected chi connectivity index (χ0v) is 17.3. The second-order valence-corrected chi connectivity index (χ2v) is 8.18. The number of hydrogen-bond donors (Lipinski definition) is 1. The molecular weight excluding hydrogens is 392 g/mol. The van der Waals surface area contributed by atoms with Gasteiger partial charge in [0.05, 0.1) is 5.75 Å². The predicted octanol–water partition coefficient (Wildman–Crippen LogP) is 4.43. The van der Waals surface area contributed by atoms with Crippen molar-refractivity contribution in [1.29, 1.82) is 0 Å². The molecule has 0 saturated heterocycles. The first kappa shape index (κ1) is 20.0. The van der Waals surface area contributed by atoms with Gasteiger partial charge in [0.15, 0.2) is 16.8 Å². The standard InChI is InChI=1S/C20H20N4O2S2/c1-4-9-24-19(16-10-13(2)27-11-16)22-23-20(24)28-12-18(26)21-17-7-5-15(6-8-17)14(3)25/h4-8,10-11H,1,9,12H2,2-3H3,(H,21,26). The van der Waals surface area contributed by atoms with Crippen LogP contribution in [0.15, 0.2) is 53.5 Å². The number of carbonyl (C=O) groups is 2. The van der Waals surface area contributed by atoms with E-state index in [1.807, 2.05) is 16.9 Å². The van der Waals surface area contributed by atoms with E-state index >= 15 is 0 Å². The normalized spacial score (nSPS) is 10.6. The molecule has 6 nitrogen and oxygen atoms in total. The first-order chi connectivity index (χ1) is 13.5. The zero-order valence-electron chi connectivity index (χ0n) is 15.6. The largest absolute Gasteiger partial charge is 0.325 e. The maximum absolute atomic E-state index is 12.3. The summed E-state index contributed by atoms with van der Waals surface area (Å²) in [7, 11) is 0. The van der Waals surface area contributed by atoms with E-state index in [4.69, 9.17) is 0 Å². The number of aromatic nitrogens is 3. The van der Waals surface area contributed by atoms with Gasteiger partial charge in [0.25, 0.3) is 0 Å². The zero-order chi connectivity index (χ0) is 20.1. The van der Waals surface area contributed by atoms with Gasteiger partial charge in [-0.25, -0.2) is 0 Å². The number of anilines is 1. The summed E-state index contributed by atoms with van der Waals surface area (Å²) < 4.78 is 1.95. The molecule has 3 rings (SSSR count). The third kappa shape index (κ3) is 4.76. The summed E-state index contributed by atoms with van der Waals surface area (Å²) >= 11 is 2.98. The van der Waals surface area contributed by atoms with Crippen LogP contribution in [0.1, 0.15) is 22.2 Å². The molecule has 0 fully saturated rings. The molecule has 0 spiro atoms. The van der Waals surface area contributed by atoms with Gasteiger partial charge in [-0.3, -0.25) is 14.2 Å². The van der Waals surface area contributed by atoms with E-state index in [0.29, 0.717) is 23.0 Å². The number of rotatable bonds is 8. The summed E-state index contributed by atoms with van der Waals surface area (Å²) in [4.78, 5) is 24.8. The molecule has 2 aromatic heterocycles. The number of nitrogens with one attached hydrogen (secondary N) is 1. The van der Waals surface area contributed by atoms with Gasteiger partial charge in [-0.15, -0.1) is 28.1 Å². The molecule has 0 aliphatic carbocycles. The van der Waals surface area contributed by atoms with Crippen molar-refractivity contribution in [3.63, 3.8) is 0 Å². The van der Waals surface area contributed by atoms with Crippen molar-refractivity contribution >= 4 is 40.5 Å². The van der Waals surface area contributed by atoms with Crippen molar-refractivity contribution in [3.05, 3.63) is 58.8 Å². The van der Waals surface area contributed by atoms with Crippen molar-refractivity contribution in [2.75, 3.05) is 11.1 Å². The Balaban J connectivity index is 1.66. The van der Waals surface area contributed by atoms with Crippen LogP contribution in [0.5, 0.6) is 0 Å². The molecular formula is C20H20N4O2S2. The Morgan fingerprint density at radius 1 is 1.29 bits per heavy atom. The maximum Gasteiger partial charge on any atom is 0.234 e. The van der Waals surface area contributed by atoms with Crippen LogP contribution in [-0.2, 0) is 11.3 Å². The van der Waals surface area contributed by atoms with Crippen LogP contribution in [-0.4, -0.2) is 32.2 Å². The van der Waals surface area contributed by atoms with E-state index in [1.54, 1.807) is 41.7 Å². The first-order valence-corrected chi connectivity index (χ1v) is 10.5. The SMILES string of the molecule is C=CCn1c(SCC(=O)Nc2ccc(C(C)=O)cc2)nnc1-c1csc(C)c1. The summed E-state index contributed by atoms with van der Waals surface area (Å²) in [6.07, 6.45) is 1.78. The van der Waals surface area contributed by atoms with E-state index in [9.17, 15) is 9.59 Å². The molecule has 1 amide bonds. The predicted molar refractivity (Wildman–Crippen MR) is 114 cm³/mol. The summed E-state index contributed by atoms with van der Waals surface area (Å²) in [6.45, 7) is 7.92. The monoisotopic (exact) mass is 412 g/mol. The molecule has 0 radical (unpaired) electrons. The number of carbonyl (C=O) groups excluding carboxylic acids is 2. The third-order valence-electron chi connectivity index (χ3n) is 3.92. The lowest BCUT2D eigenvalue weighted by molar-refractivity contribution is -0.113. The second-order valence-electron chi connectivity index (χ2n) is 6.12. The number of Topliss-reactive ketones (excluding diaryl/α,β-unsaturated/α-hetero) is 1. The van der Waals surface area contributed by atoms with Crippen LogP contribution in [0.4, 0.5) is 5.69 Å². The molecule has 144 valence electrons. The van der Waals surface area contributed by atoms with E-state index in [0.717, 1.165) is 11.4 Å². The van der Waals surface area contributed by atoms with Crippen molar-refractivity contribution < 1.29 is 9.59 Å². The van der Waals surface area contributed by atoms with Crippen LogP contribution < -0.4 is 5.32 Å². The average Bonchev–Trinajstić information content (AvgIpc) is 3.27. The van der Waals surface area contributed by atoms with Crippen molar-refractivity contribution in [1.82, 2.24) is 14.8 Å². The van der Waals surface area contributed by atoms with Gasteiger partial charge in [0.1, 0.15) is 0 Å². The minimum Gasteiger partial charge on any atom is -0.325 e. The minimum atomic E-state index is -0.151. The van der Waals surface area contributed by atoms with Crippen molar-refractivity contribution in [2.24, 2.45) is 0 Å². The Morgan fingerprint density at radius 3 is 2.64 bits per heavy atom. The quantitative estimate of drug-likeness (QED) is 0.336. The number of ketones is 1. The number of allylic oxidation sites excluding steroid dienone is 1. The highest BCUT2D eigenvalue weighted by molar-refractivity contribution is 7.99. The Morgan fingerprint density at radius 2 is 2.04 bits per heavy atom. The van der Waals surface area contributed by atoms with E-state index in [2.05, 4.69) is 28.2 Å². The molecule has 28 heavy (non-hydrogen) atoms. The number of nitrogens with zero attached hydrogens (tertiary/aromatic N) is 3. The minimum absolute atomic E-state index is 0.00777. The van der Waals surface area contributed by atoms with Crippen LogP contribution in [0, 0.1) is 6.92 Å². The highest BCUT2D eigenvalue weighted by atomic mass is 32.2. The molecule has 8 heteroatoms. The molecule has 0 bridgehead atoms. The molecule has 0 aliphatic heterocycles. The van der Waals surface area contributed by atoms with Crippen molar-refractivity contribution in [3.8, 4) is 11.4 Å². The topological polar surface area (TPSA) is 76.9 Å². The first-order valence-electron chi connectivity index (χ1n) is 8.61. The fourth-order valence-electron chi connectivity index (χ4n) is 2.58. The van der Waals surface area contributed by atoms with Crippen LogP contribution in [0.2, 0.25) is 0 Å². The Labute approximate surface area is 171 Å². The van der Waals surface area contributed by atoms with Gasteiger partial charge >= 0.3 is 0 Å². The lowest BCUT2D eigenvalue weighted by Gasteiger charge is -2.08. The Hall–Kier alpha value is -2.71. The highest BCUT2D eigenvalue weighted by Gasteiger charge is 2.16.